The highest BCUT2D eigenvalue weighted by Crippen LogP contribution is 2.12. The number of hydrogen-bond donors (Lipinski definition) is 1. The number of carbonyl (C=O) groups excluding carboxylic acids is 1. The van der Waals surface area contributed by atoms with Gasteiger partial charge in [0, 0.05) is 34.9 Å². The number of nitrogens with one attached hydrogen (secondary N) is 1. The largest absolute Gasteiger partial charge is 0.326 e. The Hall–Kier alpha value is -1.42. The van der Waals surface area contributed by atoms with Crippen molar-refractivity contribution in [2.45, 2.75) is 18.6 Å². The van der Waals surface area contributed by atoms with Gasteiger partial charge in [-0.1, -0.05) is 18.2 Å². The van der Waals surface area contributed by atoms with Gasteiger partial charge in [-0.25, -0.2) is 0 Å². The topological polar surface area (TPSA) is 46.2 Å². The lowest BCUT2D eigenvalue weighted by molar-refractivity contribution is -0.116. The third-order valence-corrected chi connectivity index (χ3v) is 2.90. The third-order valence-electron chi connectivity index (χ3n) is 2.16. The van der Waals surface area contributed by atoms with E-state index in [0.717, 1.165) is 11.3 Å². The van der Waals surface area contributed by atoms with Gasteiger partial charge in [-0.05, 0) is 24.1 Å². The van der Waals surface area contributed by atoms with Gasteiger partial charge >= 0.3 is 0 Å². The van der Waals surface area contributed by atoms with Crippen LogP contribution in [0.1, 0.15) is 18.4 Å². The minimum absolute atomic E-state index is 0.0281. The quantitative estimate of drug-likeness (QED) is 0.789. The molecule has 1 N–H and O–H groups in total. The van der Waals surface area contributed by atoms with Crippen molar-refractivity contribution < 1.29 is 9.00 Å². The van der Waals surface area contributed by atoms with E-state index in [0.29, 0.717) is 18.6 Å². The predicted octanol–water partition coefficient (Wildman–Crippen LogP) is 2.47. The molecule has 0 aliphatic heterocycles. The first-order valence-electron chi connectivity index (χ1n) is 5.41. The van der Waals surface area contributed by atoms with Gasteiger partial charge in [0.15, 0.2) is 0 Å². The van der Waals surface area contributed by atoms with Crippen molar-refractivity contribution in [2.75, 3.05) is 11.6 Å². The van der Waals surface area contributed by atoms with Gasteiger partial charge in [-0.2, -0.15) is 0 Å². The number of allylic oxidation sites excluding steroid dienone is 1. The van der Waals surface area contributed by atoms with Crippen LogP contribution in [0.3, 0.4) is 0 Å². The minimum atomic E-state index is -0.868. The normalized spacial score (nSPS) is 11.8. The molecule has 0 aromatic heterocycles. The van der Waals surface area contributed by atoms with E-state index in [1.165, 1.54) is 0 Å². The monoisotopic (exact) mass is 251 g/mol. The standard InChI is InChI=1S/C13H17NO2S/c1-3-4-8-13(15)14-12-7-5-6-11(9-12)10-17(2)16/h3,5-7,9H,1,4,8,10H2,2H3,(H,14,15). The average molecular weight is 251 g/mol. The maximum atomic E-state index is 11.5. The number of benzene rings is 1. The summed E-state index contributed by atoms with van der Waals surface area (Å²) in [4.78, 5) is 11.5. The van der Waals surface area contributed by atoms with Crippen LogP contribution in [0.2, 0.25) is 0 Å². The fourth-order valence-corrected chi connectivity index (χ4v) is 2.08. The Kier molecular flexibility index (Phi) is 5.63. The summed E-state index contributed by atoms with van der Waals surface area (Å²) in [6.07, 6.45) is 4.49. The molecule has 0 saturated carbocycles. The van der Waals surface area contributed by atoms with E-state index in [2.05, 4.69) is 11.9 Å². The molecule has 0 bridgehead atoms. The minimum Gasteiger partial charge on any atom is -0.326 e. The fourth-order valence-electron chi connectivity index (χ4n) is 1.43. The summed E-state index contributed by atoms with van der Waals surface area (Å²) in [5.41, 5.74) is 1.72. The molecule has 1 unspecified atom stereocenters. The molecule has 1 aromatic carbocycles. The van der Waals surface area contributed by atoms with Gasteiger partial charge in [-0.15, -0.1) is 6.58 Å². The number of hydrogen-bond acceptors (Lipinski definition) is 2. The molecule has 4 heteroatoms. The Morgan fingerprint density at radius 3 is 2.94 bits per heavy atom. The van der Waals surface area contributed by atoms with Crippen LogP contribution >= 0.6 is 0 Å². The summed E-state index contributed by atoms with van der Waals surface area (Å²) in [5.74, 6) is 0.482. The molecule has 0 fully saturated rings. The summed E-state index contributed by atoms with van der Waals surface area (Å²) in [6.45, 7) is 3.57. The Morgan fingerprint density at radius 2 is 2.29 bits per heavy atom. The van der Waals surface area contributed by atoms with Crippen molar-refractivity contribution in [1.29, 1.82) is 0 Å². The van der Waals surface area contributed by atoms with E-state index in [1.54, 1.807) is 12.3 Å². The molecular weight excluding hydrogens is 234 g/mol. The number of amides is 1. The van der Waals surface area contributed by atoms with Crippen molar-refractivity contribution >= 4 is 22.4 Å². The van der Waals surface area contributed by atoms with Crippen LogP contribution in [0.15, 0.2) is 36.9 Å². The smallest absolute Gasteiger partial charge is 0.224 e. The second kappa shape index (κ2) is 7.01. The zero-order valence-electron chi connectivity index (χ0n) is 9.94. The molecule has 3 nitrogen and oxygen atoms in total. The fraction of sp³-hybridized carbons (Fsp3) is 0.308. The molecule has 1 aromatic rings. The number of rotatable bonds is 6. The van der Waals surface area contributed by atoms with E-state index in [-0.39, 0.29) is 5.91 Å². The molecule has 17 heavy (non-hydrogen) atoms. The molecule has 0 heterocycles. The number of anilines is 1. The predicted molar refractivity (Wildman–Crippen MR) is 72.3 cm³/mol. The molecule has 0 aliphatic rings. The first kappa shape index (κ1) is 13.6. The van der Waals surface area contributed by atoms with Crippen LogP contribution in [0.25, 0.3) is 0 Å². The van der Waals surface area contributed by atoms with Crippen molar-refractivity contribution in [3.8, 4) is 0 Å². The molecule has 92 valence electrons. The van der Waals surface area contributed by atoms with Gasteiger partial charge in [0.1, 0.15) is 0 Å². The Bertz CT molecular complexity index is 429. The molecule has 1 rings (SSSR count). The van der Waals surface area contributed by atoms with Crippen molar-refractivity contribution in [3.05, 3.63) is 42.5 Å². The van der Waals surface area contributed by atoms with Crippen molar-refractivity contribution in [2.24, 2.45) is 0 Å². The molecule has 0 saturated heterocycles. The Balaban J connectivity index is 2.61. The summed E-state index contributed by atoms with van der Waals surface area (Å²) in [7, 11) is -0.868. The highest BCUT2D eigenvalue weighted by Gasteiger charge is 2.02. The lowest BCUT2D eigenvalue weighted by atomic mass is 10.2. The zero-order chi connectivity index (χ0) is 12.7. The third kappa shape index (κ3) is 5.45. The molecule has 0 aliphatic carbocycles. The van der Waals surface area contributed by atoms with Crippen LogP contribution in [0, 0.1) is 0 Å². The summed E-state index contributed by atoms with van der Waals surface area (Å²) >= 11 is 0. The Labute approximate surface area is 104 Å². The van der Waals surface area contributed by atoms with E-state index in [4.69, 9.17) is 0 Å². The van der Waals surface area contributed by atoms with E-state index in [9.17, 15) is 9.00 Å². The van der Waals surface area contributed by atoms with Crippen LogP contribution in [-0.4, -0.2) is 16.4 Å². The lowest BCUT2D eigenvalue weighted by Crippen LogP contribution is -2.10. The average Bonchev–Trinajstić information content (AvgIpc) is 2.26. The first-order valence-corrected chi connectivity index (χ1v) is 7.14. The maximum Gasteiger partial charge on any atom is 0.224 e. The summed E-state index contributed by atoms with van der Waals surface area (Å²) in [5, 5.41) is 2.80. The van der Waals surface area contributed by atoms with Crippen molar-refractivity contribution in [3.63, 3.8) is 0 Å². The zero-order valence-corrected chi connectivity index (χ0v) is 10.8. The highest BCUT2D eigenvalue weighted by atomic mass is 32.2. The first-order chi connectivity index (χ1) is 8.11. The SMILES string of the molecule is C=CCCC(=O)Nc1cccc(CS(C)=O)c1. The molecule has 0 radical (unpaired) electrons. The molecule has 1 amide bonds. The lowest BCUT2D eigenvalue weighted by Gasteiger charge is -2.06. The summed E-state index contributed by atoms with van der Waals surface area (Å²) < 4.78 is 11.1. The van der Waals surface area contributed by atoms with Gasteiger partial charge in [0.25, 0.3) is 0 Å². The molecule has 0 spiro atoms. The van der Waals surface area contributed by atoms with Gasteiger partial charge < -0.3 is 5.32 Å². The number of carbonyl (C=O) groups is 1. The van der Waals surface area contributed by atoms with E-state index in [1.807, 2.05) is 24.3 Å². The Morgan fingerprint density at radius 1 is 1.53 bits per heavy atom. The second-order valence-electron chi connectivity index (χ2n) is 3.79. The van der Waals surface area contributed by atoms with Gasteiger partial charge in [-0.3, -0.25) is 9.00 Å². The van der Waals surface area contributed by atoms with Gasteiger partial charge in [0.2, 0.25) is 5.91 Å². The molecule has 1 atom stereocenters. The van der Waals surface area contributed by atoms with Crippen LogP contribution < -0.4 is 5.32 Å². The van der Waals surface area contributed by atoms with E-state index >= 15 is 0 Å². The van der Waals surface area contributed by atoms with Gasteiger partial charge in [0.05, 0.1) is 0 Å². The maximum absolute atomic E-state index is 11.5. The second-order valence-corrected chi connectivity index (χ2v) is 5.23. The van der Waals surface area contributed by atoms with E-state index < -0.39 is 10.8 Å². The highest BCUT2D eigenvalue weighted by molar-refractivity contribution is 7.83. The summed E-state index contributed by atoms with van der Waals surface area (Å²) in [6, 6.07) is 7.44. The van der Waals surface area contributed by atoms with Crippen molar-refractivity contribution in [1.82, 2.24) is 0 Å². The molecular formula is C13H17NO2S. The van der Waals surface area contributed by atoms with Crippen LogP contribution in [-0.2, 0) is 21.3 Å². The van der Waals surface area contributed by atoms with Crippen LogP contribution in [0.5, 0.6) is 0 Å². The van der Waals surface area contributed by atoms with Crippen LogP contribution in [0.4, 0.5) is 5.69 Å².